The Balaban J connectivity index is 2.12. The van der Waals surface area contributed by atoms with E-state index in [1.165, 1.54) is 12.4 Å². The number of aromatic carboxylic acids is 1. The van der Waals surface area contributed by atoms with Gasteiger partial charge in [0.1, 0.15) is 0 Å². The highest BCUT2D eigenvalue weighted by molar-refractivity contribution is 5.86. The molecule has 0 spiro atoms. The highest BCUT2D eigenvalue weighted by atomic mass is 16.4. The minimum absolute atomic E-state index is 0.0193. The topological polar surface area (TPSA) is 95.3 Å². The third kappa shape index (κ3) is 3.26. The minimum Gasteiger partial charge on any atom is -0.478 e. The van der Waals surface area contributed by atoms with Crippen molar-refractivity contribution in [2.75, 3.05) is 11.9 Å². The van der Waals surface area contributed by atoms with Crippen molar-refractivity contribution >= 4 is 11.9 Å². The second-order valence-electron chi connectivity index (χ2n) is 3.89. The van der Waals surface area contributed by atoms with Crippen LogP contribution in [0.1, 0.15) is 22.0 Å². The van der Waals surface area contributed by atoms with E-state index in [0.717, 1.165) is 5.56 Å². The van der Waals surface area contributed by atoms with Crippen molar-refractivity contribution < 1.29 is 15.0 Å². The zero-order valence-electron chi connectivity index (χ0n) is 10.0. The number of aromatic nitrogens is 2. The zero-order chi connectivity index (χ0) is 13.7. The van der Waals surface area contributed by atoms with Gasteiger partial charge in [0.15, 0.2) is 0 Å². The van der Waals surface area contributed by atoms with E-state index in [-0.39, 0.29) is 24.2 Å². The van der Waals surface area contributed by atoms with E-state index in [1.807, 2.05) is 30.3 Å². The lowest BCUT2D eigenvalue weighted by atomic mass is 10.1. The summed E-state index contributed by atoms with van der Waals surface area (Å²) in [5.74, 6) is -0.804. The van der Waals surface area contributed by atoms with Gasteiger partial charge >= 0.3 is 5.97 Å². The van der Waals surface area contributed by atoms with Crippen LogP contribution in [-0.2, 0) is 0 Å². The molecule has 1 atom stereocenters. The molecule has 0 saturated heterocycles. The summed E-state index contributed by atoms with van der Waals surface area (Å²) in [4.78, 5) is 18.5. The van der Waals surface area contributed by atoms with Gasteiger partial charge in [0.25, 0.3) is 0 Å². The summed E-state index contributed by atoms with van der Waals surface area (Å²) >= 11 is 0. The van der Waals surface area contributed by atoms with Gasteiger partial charge in [-0.1, -0.05) is 30.3 Å². The average Bonchev–Trinajstić information content (AvgIpc) is 2.46. The molecule has 2 rings (SSSR count). The first-order valence-electron chi connectivity index (χ1n) is 5.68. The van der Waals surface area contributed by atoms with Crippen LogP contribution in [0, 0.1) is 0 Å². The Morgan fingerprint density at radius 3 is 2.37 bits per heavy atom. The van der Waals surface area contributed by atoms with E-state index in [2.05, 4.69) is 15.3 Å². The van der Waals surface area contributed by atoms with Crippen molar-refractivity contribution in [1.82, 2.24) is 9.97 Å². The number of benzene rings is 1. The first-order chi connectivity index (χ1) is 9.20. The van der Waals surface area contributed by atoms with Crippen LogP contribution in [0.25, 0.3) is 0 Å². The average molecular weight is 259 g/mol. The van der Waals surface area contributed by atoms with Crippen molar-refractivity contribution in [3.63, 3.8) is 0 Å². The van der Waals surface area contributed by atoms with Gasteiger partial charge in [-0.2, -0.15) is 0 Å². The maximum absolute atomic E-state index is 10.7. The number of nitrogens with zero attached hydrogens (tertiary/aromatic N) is 2. The molecule has 0 radical (unpaired) electrons. The molecule has 0 amide bonds. The molecule has 6 nitrogen and oxygen atoms in total. The fraction of sp³-hybridized carbons (Fsp3) is 0.154. The Morgan fingerprint density at radius 2 is 1.84 bits per heavy atom. The number of carboxylic acids is 1. The Bertz CT molecular complexity index is 543. The van der Waals surface area contributed by atoms with Crippen LogP contribution in [0.15, 0.2) is 42.7 Å². The predicted octanol–water partition coefficient (Wildman–Crippen LogP) is 1.32. The van der Waals surface area contributed by atoms with Crippen LogP contribution in [0.2, 0.25) is 0 Å². The van der Waals surface area contributed by atoms with E-state index in [9.17, 15) is 9.90 Å². The molecule has 1 heterocycles. The van der Waals surface area contributed by atoms with Crippen molar-refractivity contribution in [3.8, 4) is 0 Å². The second-order valence-corrected chi connectivity index (χ2v) is 3.89. The maximum atomic E-state index is 10.7. The molecular formula is C13H13N3O3. The van der Waals surface area contributed by atoms with Crippen molar-refractivity contribution in [3.05, 3.63) is 53.9 Å². The van der Waals surface area contributed by atoms with Gasteiger partial charge in [0, 0.05) is 12.4 Å². The third-order valence-corrected chi connectivity index (χ3v) is 2.59. The summed E-state index contributed by atoms with van der Waals surface area (Å²) in [6, 6.07) is 9.04. The van der Waals surface area contributed by atoms with Crippen LogP contribution in [-0.4, -0.2) is 32.8 Å². The number of anilines is 1. The van der Waals surface area contributed by atoms with Crippen LogP contribution >= 0.6 is 0 Å². The molecule has 1 aromatic carbocycles. The molecule has 0 aliphatic carbocycles. The van der Waals surface area contributed by atoms with E-state index in [0.29, 0.717) is 0 Å². The Morgan fingerprint density at radius 1 is 1.21 bits per heavy atom. The first-order valence-corrected chi connectivity index (χ1v) is 5.68. The molecule has 19 heavy (non-hydrogen) atoms. The van der Waals surface area contributed by atoms with E-state index < -0.39 is 5.97 Å². The highest BCUT2D eigenvalue weighted by Crippen LogP contribution is 2.16. The molecule has 0 fully saturated rings. The summed E-state index contributed by atoms with van der Waals surface area (Å²) < 4.78 is 0. The van der Waals surface area contributed by atoms with Crippen LogP contribution in [0.5, 0.6) is 0 Å². The largest absolute Gasteiger partial charge is 0.478 e. The Kier molecular flexibility index (Phi) is 4.04. The van der Waals surface area contributed by atoms with Crippen molar-refractivity contribution in [2.45, 2.75) is 6.04 Å². The lowest BCUT2D eigenvalue weighted by Gasteiger charge is -2.16. The number of hydrogen-bond acceptors (Lipinski definition) is 5. The van der Waals surface area contributed by atoms with Crippen LogP contribution in [0.3, 0.4) is 0 Å². The zero-order valence-corrected chi connectivity index (χ0v) is 10.0. The number of rotatable bonds is 5. The minimum atomic E-state index is -1.08. The van der Waals surface area contributed by atoms with Crippen molar-refractivity contribution in [2.24, 2.45) is 0 Å². The highest BCUT2D eigenvalue weighted by Gasteiger charge is 2.11. The Hall–Kier alpha value is -2.47. The van der Waals surface area contributed by atoms with Gasteiger partial charge < -0.3 is 15.5 Å². The predicted molar refractivity (Wildman–Crippen MR) is 68.9 cm³/mol. The van der Waals surface area contributed by atoms with Gasteiger partial charge in [-0.25, -0.2) is 14.8 Å². The summed E-state index contributed by atoms with van der Waals surface area (Å²) in [6.07, 6.45) is 2.44. The molecule has 3 N–H and O–H groups in total. The van der Waals surface area contributed by atoms with Gasteiger partial charge in [-0.3, -0.25) is 0 Å². The summed E-state index contributed by atoms with van der Waals surface area (Å²) in [7, 11) is 0. The first kappa shape index (κ1) is 13.0. The van der Waals surface area contributed by atoms with Crippen LogP contribution in [0.4, 0.5) is 5.95 Å². The normalized spacial score (nSPS) is 11.8. The number of carbonyl (C=O) groups is 1. The standard InChI is InChI=1S/C13H13N3O3/c17-8-11(9-4-2-1-3-5-9)16-13-14-6-10(7-15-13)12(18)19/h1-7,11,17H,8H2,(H,18,19)(H,14,15,16). The SMILES string of the molecule is O=C(O)c1cnc(NC(CO)c2ccccc2)nc1. The molecule has 1 aromatic heterocycles. The van der Waals surface area contributed by atoms with Gasteiger partial charge in [-0.05, 0) is 5.56 Å². The van der Waals surface area contributed by atoms with Gasteiger partial charge in [0.05, 0.1) is 18.2 Å². The number of carboxylic acid groups (broad SMARTS) is 1. The summed E-state index contributed by atoms with van der Waals surface area (Å²) in [6.45, 7) is -0.117. The van der Waals surface area contributed by atoms with Gasteiger partial charge in [0.2, 0.25) is 5.95 Å². The Labute approximate surface area is 109 Å². The third-order valence-electron chi connectivity index (χ3n) is 2.59. The van der Waals surface area contributed by atoms with Crippen LogP contribution < -0.4 is 5.32 Å². The number of hydrogen-bond donors (Lipinski definition) is 3. The molecule has 0 aliphatic rings. The molecular weight excluding hydrogens is 246 g/mol. The fourth-order valence-corrected chi connectivity index (χ4v) is 1.59. The molecule has 6 heteroatoms. The number of nitrogens with one attached hydrogen (secondary N) is 1. The molecule has 1 unspecified atom stereocenters. The quantitative estimate of drug-likeness (QED) is 0.749. The van der Waals surface area contributed by atoms with E-state index >= 15 is 0 Å². The van der Waals surface area contributed by atoms with E-state index in [4.69, 9.17) is 5.11 Å². The monoisotopic (exact) mass is 259 g/mol. The lowest BCUT2D eigenvalue weighted by molar-refractivity contribution is 0.0696. The lowest BCUT2D eigenvalue weighted by Crippen LogP contribution is -2.16. The number of aliphatic hydroxyl groups is 1. The number of aliphatic hydroxyl groups excluding tert-OH is 1. The molecule has 2 aromatic rings. The van der Waals surface area contributed by atoms with Crippen molar-refractivity contribution in [1.29, 1.82) is 0 Å². The summed E-state index contributed by atoms with van der Waals surface area (Å²) in [5.41, 5.74) is 0.918. The van der Waals surface area contributed by atoms with E-state index in [1.54, 1.807) is 0 Å². The molecule has 0 saturated carbocycles. The molecule has 0 bridgehead atoms. The molecule has 0 aliphatic heterocycles. The maximum Gasteiger partial charge on any atom is 0.338 e. The smallest absolute Gasteiger partial charge is 0.338 e. The molecule has 98 valence electrons. The second kappa shape index (κ2) is 5.92. The van der Waals surface area contributed by atoms with Gasteiger partial charge in [-0.15, -0.1) is 0 Å². The fourth-order valence-electron chi connectivity index (χ4n) is 1.59. The summed E-state index contributed by atoms with van der Waals surface area (Å²) in [5, 5.41) is 21.1.